The van der Waals surface area contributed by atoms with Gasteiger partial charge in [0, 0.05) is 41.3 Å². The van der Waals surface area contributed by atoms with Gasteiger partial charge >= 0.3 is 0 Å². The fourth-order valence-corrected chi connectivity index (χ4v) is 4.72. The molecule has 0 bridgehead atoms. The zero-order valence-electron chi connectivity index (χ0n) is 20.3. The van der Waals surface area contributed by atoms with Crippen molar-refractivity contribution in [2.45, 2.75) is 6.54 Å². The molecule has 0 amide bonds. The number of hydrogen-bond acceptors (Lipinski definition) is 4. The lowest BCUT2D eigenvalue weighted by molar-refractivity contribution is -0.384. The Morgan fingerprint density at radius 3 is 2.24 bits per heavy atom. The number of hydrogen-bond donors (Lipinski definition) is 0. The van der Waals surface area contributed by atoms with Crippen molar-refractivity contribution in [1.29, 1.82) is 0 Å². The molecular formula is C31H22N4O3. The maximum absolute atomic E-state index is 13.6. The molecule has 6 aromatic rings. The summed E-state index contributed by atoms with van der Waals surface area (Å²) in [5, 5.41) is 12.7. The van der Waals surface area contributed by atoms with E-state index in [2.05, 4.69) is 35.0 Å². The molecule has 0 unspecified atom stereocenters. The van der Waals surface area contributed by atoms with Gasteiger partial charge in [-0.1, -0.05) is 60.7 Å². The molecule has 0 atom stereocenters. The molecule has 6 rings (SSSR count). The maximum atomic E-state index is 13.6. The van der Waals surface area contributed by atoms with E-state index in [1.165, 1.54) is 22.3 Å². The van der Waals surface area contributed by atoms with E-state index < -0.39 is 4.92 Å². The van der Waals surface area contributed by atoms with Gasteiger partial charge in [0.2, 0.25) is 0 Å². The van der Waals surface area contributed by atoms with E-state index in [1.807, 2.05) is 48.6 Å². The van der Waals surface area contributed by atoms with Crippen LogP contribution in [0.4, 0.5) is 5.69 Å². The first kappa shape index (κ1) is 23.1. The molecule has 7 nitrogen and oxygen atoms in total. The van der Waals surface area contributed by atoms with Gasteiger partial charge in [0.05, 0.1) is 21.5 Å². The van der Waals surface area contributed by atoms with Crippen molar-refractivity contribution in [1.82, 2.24) is 14.1 Å². The molecule has 4 aromatic carbocycles. The Morgan fingerprint density at radius 2 is 1.47 bits per heavy atom. The lowest BCUT2D eigenvalue weighted by atomic mass is 10.1. The molecule has 184 valence electrons. The number of benzene rings is 4. The van der Waals surface area contributed by atoms with Crippen LogP contribution in [0, 0.1) is 10.1 Å². The molecule has 2 aromatic heterocycles. The Morgan fingerprint density at radius 1 is 0.789 bits per heavy atom. The molecule has 0 N–H and O–H groups in total. The molecule has 38 heavy (non-hydrogen) atoms. The predicted molar refractivity (Wildman–Crippen MR) is 150 cm³/mol. The van der Waals surface area contributed by atoms with Gasteiger partial charge in [-0.15, -0.1) is 0 Å². The van der Waals surface area contributed by atoms with Crippen molar-refractivity contribution in [3.8, 4) is 5.69 Å². The molecule has 0 saturated heterocycles. The second-order valence-corrected chi connectivity index (χ2v) is 8.95. The van der Waals surface area contributed by atoms with E-state index in [0.717, 1.165) is 23.0 Å². The number of non-ortho nitro benzene ring substituents is 1. The Bertz CT molecular complexity index is 1880. The highest BCUT2D eigenvalue weighted by Gasteiger charge is 2.13. The van der Waals surface area contributed by atoms with E-state index in [9.17, 15) is 14.9 Å². The summed E-state index contributed by atoms with van der Waals surface area (Å²) < 4.78 is 3.70. The Hall–Kier alpha value is -5.30. The zero-order chi connectivity index (χ0) is 26.1. The Balaban J connectivity index is 1.48. The first-order chi connectivity index (χ1) is 18.6. The van der Waals surface area contributed by atoms with Crippen LogP contribution in [0.2, 0.25) is 0 Å². The summed E-state index contributed by atoms with van der Waals surface area (Å²) in [4.78, 5) is 29.0. The molecule has 0 aliphatic carbocycles. The van der Waals surface area contributed by atoms with Crippen LogP contribution in [0.25, 0.3) is 39.6 Å². The summed E-state index contributed by atoms with van der Waals surface area (Å²) in [6.45, 7) is 0.733. The van der Waals surface area contributed by atoms with Crippen molar-refractivity contribution in [2.75, 3.05) is 0 Å². The molecule has 0 fully saturated rings. The van der Waals surface area contributed by atoms with Gasteiger partial charge in [-0.25, -0.2) is 4.98 Å². The van der Waals surface area contributed by atoms with Gasteiger partial charge in [0.25, 0.3) is 11.2 Å². The topological polar surface area (TPSA) is 83.0 Å². The number of fused-ring (bicyclic) bond motifs is 2. The van der Waals surface area contributed by atoms with Crippen molar-refractivity contribution in [2.24, 2.45) is 0 Å². The molecule has 0 aliphatic heterocycles. The number of nitrogens with zero attached hydrogens (tertiary/aromatic N) is 4. The lowest BCUT2D eigenvalue weighted by Crippen LogP contribution is -2.22. The number of rotatable bonds is 6. The van der Waals surface area contributed by atoms with Gasteiger partial charge < -0.3 is 4.57 Å². The van der Waals surface area contributed by atoms with E-state index in [4.69, 9.17) is 4.98 Å². The monoisotopic (exact) mass is 498 g/mol. The fourth-order valence-electron chi connectivity index (χ4n) is 4.72. The lowest BCUT2D eigenvalue weighted by Gasteiger charge is -2.11. The normalized spacial score (nSPS) is 11.5. The Kier molecular flexibility index (Phi) is 5.86. The smallest absolute Gasteiger partial charge is 0.269 e. The first-order valence-corrected chi connectivity index (χ1v) is 12.1. The van der Waals surface area contributed by atoms with Crippen LogP contribution in [0.15, 0.2) is 114 Å². The standard InChI is InChI=1S/C31H22N4O3/c36-31-27-11-4-6-12-28(27)32-30(34(31)24-15-17-25(18-16-24)35(37)38)19-14-23-21-33(20-22-8-2-1-3-9-22)29-13-7-5-10-26(23)29/h1-19,21H,20H2/b19-14-. The quantitative estimate of drug-likeness (QED) is 0.195. The first-order valence-electron chi connectivity index (χ1n) is 12.1. The van der Waals surface area contributed by atoms with Crippen LogP contribution in [0.3, 0.4) is 0 Å². The minimum Gasteiger partial charge on any atom is -0.342 e. The Labute approximate surface area is 217 Å². The molecule has 2 heterocycles. The van der Waals surface area contributed by atoms with Crippen LogP contribution in [0.1, 0.15) is 17.0 Å². The summed E-state index contributed by atoms with van der Waals surface area (Å²) in [6, 6.07) is 31.6. The van der Waals surface area contributed by atoms with E-state index in [0.29, 0.717) is 22.4 Å². The molecule has 0 spiro atoms. The average Bonchev–Trinajstić information content (AvgIpc) is 3.30. The predicted octanol–water partition coefficient (Wildman–Crippen LogP) is 6.47. The van der Waals surface area contributed by atoms with Crippen LogP contribution in [-0.2, 0) is 6.54 Å². The molecular weight excluding hydrogens is 476 g/mol. The highest BCUT2D eigenvalue weighted by molar-refractivity contribution is 5.92. The SMILES string of the molecule is O=c1c2ccccc2nc(/C=C\c2cn(Cc3ccccc3)c3ccccc23)n1-c1ccc([N+](=O)[O-])cc1. The van der Waals surface area contributed by atoms with Crippen LogP contribution in [-0.4, -0.2) is 19.0 Å². The van der Waals surface area contributed by atoms with Crippen LogP contribution in [0.5, 0.6) is 0 Å². The molecule has 0 saturated carbocycles. The molecule has 0 radical (unpaired) electrons. The minimum atomic E-state index is -0.461. The van der Waals surface area contributed by atoms with Crippen molar-refractivity contribution < 1.29 is 4.92 Å². The van der Waals surface area contributed by atoms with Gasteiger partial charge in [-0.2, -0.15) is 0 Å². The highest BCUT2D eigenvalue weighted by atomic mass is 16.6. The summed E-state index contributed by atoms with van der Waals surface area (Å²) >= 11 is 0. The van der Waals surface area contributed by atoms with Gasteiger partial charge in [-0.05, 0) is 48.0 Å². The van der Waals surface area contributed by atoms with Crippen molar-refractivity contribution in [3.63, 3.8) is 0 Å². The third kappa shape index (κ3) is 4.26. The average molecular weight is 499 g/mol. The third-order valence-electron chi connectivity index (χ3n) is 6.55. The summed E-state index contributed by atoms with van der Waals surface area (Å²) in [6.07, 6.45) is 5.88. The molecule has 7 heteroatoms. The highest BCUT2D eigenvalue weighted by Crippen LogP contribution is 2.25. The number of aromatic nitrogens is 3. The molecule has 0 aliphatic rings. The third-order valence-corrected chi connectivity index (χ3v) is 6.55. The van der Waals surface area contributed by atoms with Crippen molar-refractivity contribution in [3.05, 3.63) is 147 Å². The van der Waals surface area contributed by atoms with Crippen LogP contribution >= 0.6 is 0 Å². The van der Waals surface area contributed by atoms with E-state index >= 15 is 0 Å². The minimum absolute atomic E-state index is 0.0427. The van der Waals surface area contributed by atoms with Crippen LogP contribution < -0.4 is 5.56 Å². The maximum Gasteiger partial charge on any atom is 0.269 e. The second kappa shape index (κ2) is 9.63. The summed E-state index contributed by atoms with van der Waals surface area (Å²) in [7, 11) is 0. The van der Waals surface area contributed by atoms with E-state index in [1.54, 1.807) is 30.3 Å². The summed E-state index contributed by atoms with van der Waals surface area (Å²) in [5.41, 5.74) is 4.11. The van der Waals surface area contributed by atoms with Gasteiger partial charge in [0.1, 0.15) is 5.82 Å². The number of para-hydroxylation sites is 2. The largest absolute Gasteiger partial charge is 0.342 e. The fraction of sp³-hybridized carbons (Fsp3) is 0.0323. The van der Waals surface area contributed by atoms with Crippen molar-refractivity contribution >= 4 is 39.6 Å². The zero-order valence-corrected chi connectivity index (χ0v) is 20.3. The summed E-state index contributed by atoms with van der Waals surface area (Å²) in [5.74, 6) is 0.433. The second-order valence-electron chi connectivity index (χ2n) is 8.95. The number of nitro benzene ring substituents is 1. The van der Waals surface area contributed by atoms with Gasteiger partial charge in [0.15, 0.2) is 0 Å². The van der Waals surface area contributed by atoms with Gasteiger partial charge in [-0.3, -0.25) is 19.5 Å². The van der Waals surface area contributed by atoms with E-state index in [-0.39, 0.29) is 11.2 Å². The number of nitro groups is 1.